The van der Waals surface area contributed by atoms with Crippen LogP contribution in [-0.4, -0.2) is 112 Å². The van der Waals surface area contributed by atoms with Gasteiger partial charge in [-0.2, -0.15) is 4.31 Å². The molecule has 2 saturated heterocycles. The third kappa shape index (κ3) is 7.69. The molecule has 3 heterocycles. The number of carbonyl (C=O) groups is 2. The van der Waals surface area contributed by atoms with E-state index in [0.29, 0.717) is 17.2 Å². The van der Waals surface area contributed by atoms with Crippen LogP contribution in [0.5, 0.6) is 0 Å². The third-order valence-corrected chi connectivity index (χ3v) is 10.9. The van der Waals surface area contributed by atoms with Gasteiger partial charge in [-0.25, -0.2) is 18.2 Å². The van der Waals surface area contributed by atoms with Crippen molar-refractivity contribution in [2.45, 2.75) is 32.1 Å². The van der Waals surface area contributed by atoms with Crippen molar-refractivity contribution in [3.8, 4) is 0 Å². The fourth-order valence-electron chi connectivity index (χ4n) is 5.24. The molecule has 14 heteroatoms. The maximum absolute atomic E-state index is 13.9. The Morgan fingerprint density at radius 1 is 1.00 bits per heavy atom. The lowest BCUT2D eigenvalue weighted by atomic mass is 10.1. The van der Waals surface area contributed by atoms with Crippen molar-refractivity contribution in [3.63, 3.8) is 0 Å². The monoisotopic (exact) mass is 665 g/mol. The fourth-order valence-corrected chi connectivity index (χ4v) is 7.74. The predicted molar refractivity (Wildman–Crippen MR) is 174 cm³/mol. The molecule has 11 nitrogen and oxygen atoms in total. The van der Waals surface area contributed by atoms with E-state index in [-0.39, 0.29) is 56.0 Å². The first kappa shape index (κ1) is 34.1. The summed E-state index contributed by atoms with van der Waals surface area (Å²) in [4.78, 5) is 36.4. The van der Waals surface area contributed by atoms with Crippen LogP contribution in [0.1, 0.15) is 34.8 Å². The maximum atomic E-state index is 13.9. The Balaban J connectivity index is 0.00000442. The highest BCUT2D eigenvalue weighted by Gasteiger charge is 2.31. The first-order valence-electron chi connectivity index (χ1n) is 14.7. The Morgan fingerprint density at radius 2 is 1.66 bits per heavy atom. The minimum absolute atomic E-state index is 0. The van der Waals surface area contributed by atoms with E-state index in [1.165, 1.54) is 38.2 Å². The molecule has 1 aromatic heterocycles. The van der Waals surface area contributed by atoms with Gasteiger partial charge < -0.3 is 14.4 Å². The van der Waals surface area contributed by atoms with Crippen LogP contribution in [0.15, 0.2) is 41.3 Å². The number of ether oxygens (including phenoxy) is 2. The highest BCUT2D eigenvalue weighted by molar-refractivity contribution is 7.89. The van der Waals surface area contributed by atoms with Gasteiger partial charge in [0.1, 0.15) is 0 Å². The van der Waals surface area contributed by atoms with Crippen molar-refractivity contribution in [1.82, 2.24) is 19.1 Å². The van der Waals surface area contributed by atoms with Crippen LogP contribution >= 0.6 is 23.7 Å². The smallest absolute Gasteiger partial charge is 0.409 e. The van der Waals surface area contributed by atoms with Gasteiger partial charge in [0.2, 0.25) is 10.0 Å². The molecule has 2 aliphatic rings. The summed E-state index contributed by atoms with van der Waals surface area (Å²) < 4.78 is 39.6. The van der Waals surface area contributed by atoms with Crippen molar-refractivity contribution in [2.24, 2.45) is 0 Å². The summed E-state index contributed by atoms with van der Waals surface area (Å²) in [5, 5.41) is 0.628. The van der Waals surface area contributed by atoms with Gasteiger partial charge in [-0.1, -0.05) is 11.3 Å². The van der Waals surface area contributed by atoms with E-state index in [1.54, 1.807) is 24.0 Å². The number of thiazole rings is 1. The number of morpholine rings is 1. The van der Waals surface area contributed by atoms with Crippen molar-refractivity contribution >= 4 is 61.1 Å². The van der Waals surface area contributed by atoms with Gasteiger partial charge in [0.05, 0.1) is 34.9 Å². The summed E-state index contributed by atoms with van der Waals surface area (Å²) in [6.07, 6.45) is 0.333. The Morgan fingerprint density at radius 3 is 2.32 bits per heavy atom. The maximum Gasteiger partial charge on any atom is 0.409 e. The van der Waals surface area contributed by atoms with Crippen LogP contribution < -0.4 is 4.90 Å². The molecule has 2 fully saturated rings. The second-order valence-corrected chi connectivity index (χ2v) is 13.7. The second kappa shape index (κ2) is 15.0. The van der Waals surface area contributed by atoms with Crippen LogP contribution in [0.25, 0.3) is 10.2 Å². The Bertz CT molecular complexity index is 1510. The molecule has 0 unspecified atom stereocenters. The largest absolute Gasteiger partial charge is 0.450 e. The second-order valence-electron chi connectivity index (χ2n) is 10.8. The number of piperazine rings is 1. The van der Waals surface area contributed by atoms with Crippen molar-refractivity contribution in [2.75, 3.05) is 77.1 Å². The zero-order valence-corrected chi connectivity index (χ0v) is 27.8. The summed E-state index contributed by atoms with van der Waals surface area (Å²) in [7, 11) is -3.79. The standard InChI is InChI=1S/C30H39N5O6S2.ClH/c1-4-41-30(37)33-12-14-34(15-13-33)43(38,39)25-8-6-24(7-9-25)28(36)35(11-5-10-32-16-18-40-19-17-32)29-31-26-20-22(2)23(3)21-27(26)42-29;/h6-9,20-21H,4-5,10-19H2,1-3H3;1H. The number of halogens is 1. The topological polar surface area (TPSA) is 113 Å². The number of rotatable bonds is 9. The summed E-state index contributed by atoms with van der Waals surface area (Å²) in [5.41, 5.74) is 3.57. The van der Waals surface area contributed by atoms with Gasteiger partial charge in [0.25, 0.3) is 5.91 Å². The van der Waals surface area contributed by atoms with Gasteiger partial charge in [-0.05, 0) is 74.7 Å². The first-order chi connectivity index (χ1) is 20.7. The normalized spacial score (nSPS) is 16.5. The van der Waals surface area contributed by atoms with Crippen LogP contribution in [0.4, 0.5) is 9.93 Å². The lowest BCUT2D eigenvalue weighted by molar-refractivity contribution is 0.0376. The zero-order valence-electron chi connectivity index (χ0n) is 25.4. The van der Waals surface area contributed by atoms with Gasteiger partial charge in [-0.15, -0.1) is 12.4 Å². The molecule has 240 valence electrons. The highest BCUT2D eigenvalue weighted by atomic mass is 35.5. The number of aromatic nitrogens is 1. The number of nitrogens with zero attached hydrogens (tertiary/aromatic N) is 5. The molecular weight excluding hydrogens is 626 g/mol. The van der Waals surface area contributed by atoms with E-state index in [9.17, 15) is 18.0 Å². The molecule has 0 N–H and O–H groups in total. The summed E-state index contributed by atoms with van der Waals surface area (Å²) in [5.74, 6) is -0.221. The SMILES string of the molecule is CCOC(=O)N1CCN(S(=O)(=O)c2ccc(C(=O)N(CCCN3CCOCC3)c3nc4cc(C)c(C)cc4s3)cc2)CC1.Cl. The van der Waals surface area contributed by atoms with E-state index >= 15 is 0 Å². The number of aryl methyl sites for hydroxylation is 2. The number of carbonyl (C=O) groups excluding carboxylic acids is 2. The molecule has 2 amide bonds. The lowest BCUT2D eigenvalue weighted by Gasteiger charge is -2.33. The van der Waals surface area contributed by atoms with Crippen molar-refractivity contribution < 1.29 is 27.5 Å². The number of anilines is 1. The number of sulfonamides is 1. The zero-order chi connectivity index (χ0) is 30.6. The summed E-state index contributed by atoms with van der Waals surface area (Å²) in [6.45, 7) is 11.5. The predicted octanol–water partition coefficient (Wildman–Crippen LogP) is 4.17. The van der Waals surface area contributed by atoms with E-state index in [4.69, 9.17) is 14.5 Å². The molecule has 0 bridgehead atoms. The Hall–Kier alpha value is -2.81. The van der Waals surface area contributed by atoms with E-state index in [2.05, 4.69) is 24.8 Å². The molecule has 0 spiro atoms. The van der Waals surface area contributed by atoms with Crippen molar-refractivity contribution in [1.29, 1.82) is 0 Å². The van der Waals surface area contributed by atoms with Gasteiger partial charge >= 0.3 is 6.09 Å². The Labute approximate surface area is 269 Å². The molecule has 0 aliphatic carbocycles. The van der Waals surface area contributed by atoms with E-state index < -0.39 is 16.1 Å². The third-order valence-electron chi connectivity index (χ3n) is 7.93. The molecule has 0 saturated carbocycles. The van der Waals surface area contributed by atoms with Crippen LogP contribution in [-0.2, 0) is 19.5 Å². The Kier molecular flexibility index (Phi) is 11.6. The minimum Gasteiger partial charge on any atom is -0.450 e. The van der Waals surface area contributed by atoms with Crippen LogP contribution in [0.2, 0.25) is 0 Å². The van der Waals surface area contributed by atoms with Crippen LogP contribution in [0.3, 0.4) is 0 Å². The molecule has 3 aromatic rings. The quantitative estimate of drug-likeness (QED) is 0.335. The summed E-state index contributed by atoms with van der Waals surface area (Å²) >= 11 is 1.49. The molecule has 5 rings (SSSR count). The molecule has 2 aromatic carbocycles. The molecular formula is C30H40ClN5O6S2. The van der Waals surface area contributed by atoms with E-state index in [0.717, 1.165) is 55.0 Å². The lowest BCUT2D eigenvalue weighted by Crippen LogP contribution is -2.50. The van der Waals surface area contributed by atoms with Crippen molar-refractivity contribution in [3.05, 3.63) is 53.1 Å². The van der Waals surface area contributed by atoms with Gasteiger partial charge in [0, 0.05) is 57.9 Å². The number of fused-ring (bicyclic) bond motifs is 1. The van der Waals surface area contributed by atoms with E-state index in [1.807, 2.05) is 6.07 Å². The molecule has 2 aliphatic heterocycles. The number of amides is 2. The molecule has 0 atom stereocenters. The minimum atomic E-state index is -3.79. The highest BCUT2D eigenvalue weighted by Crippen LogP contribution is 2.32. The fraction of sp³-hybridized carbons (Fsp3) is 0.500. The molecule has 0 radical (unpaired) electrons. The molecule has 44 heavy (non-hydrogen) atoms. The number of hydrogen-bond donors (Lipinski definition) is 0. The van der Waals surface area contributed by atoms with Gasteiger partial charge in [-0.3, -0.25) is 14.6 Å². The van der Waals surface area contributed by atoms with Gasteiger partial charge in [0.15, 0.2) is 5.13 Å². The van der Waals surface area contributed by atoms with Crippen LogP contribution in [0, 0.1) is 13.8 Å². The number of hydrogen-bond acceptors (Lipinski definition) is 9. The average molecular weight is 666 g/mol. The summed E-state index contributed by atoms with van der Waals surface area (Å²) in [6, 6.07) is 10.3. The first-order valence-corrected chi connectivity index (χ1v) is 16.9. The average Bonchev–Trinajstić information content (AvgIpc) is 3.42. The number of benzene rings is 2.